The number of aromatic nitrogens is 1. The summed E-state index contributed by atoms with van der Waals surface area (Å²) >= 11 is 0. The molecule has 0 spiro atoms. The van der Waals surface area contributed by atoms with Gasteiger partial charge in [-0.05, 0) is 37.1 Å². The fourth-order valence-electron chi connectivity index (χ4n) is 4.28. The van der Waals surface area contributed by atoms with Crippen LogP contribution in [0.1, 0.15) is 33.6 Å². The topological polar surface area (TPSA) is 83.4 Å². The summed E-state index contributed by atoms with van der Waals surface area (Å²) in [5, 5.41) is 6.60. The molecule has 0 radical (unpaired) electrons. The van der Waals surface area contributed by atoms with E-state index in [1.165, 1.54) is 0 Å². The number of nitrogens with one attached hydrogen (secondary N) is 2. The molecule has 1 fully saturated rings. The fraction of sp³-hybridized carbons (Fsp3) is 0.227. The molecular weight excluding hydrogens is 368 g/mol. The van der Waals surface area contributed by atoms with Gasteiger partial charge >= 0.3 is 0 Å². The monoisotopic (exact) mass is 388 g/mol. The van der Waals surface area contributed by atoms with E-state index in [9.17, 15) is 14.4 Å². The van der Waals surface area contributed by atoms with Crippen molar-refractivity contribution in [2.45, 2.75) is 18.9 Å². The molecule has 0 unspecified atom stereocenters. The highest BCUT2D eigenvalue weighted by Gasteiger charge is 2.38. The average molecular weight is 388 g/mol. The number of fused-ring (bicyclic) bond motifs is 3. The summed E-state index contributed by atoms with van der Waals surface area (Å²) in [5.74, 6) is -0.574. The van der Waals surface area contributed by atoms with E-state index in [0.717, 1.165) is 17.3 Å². The van der Waals surface area contributed by atoms with Crippen molar-refractivity contribution < 1.29 is 14.4 Å². The Labute approximate surface area is 167 Å². The molecule has 2 aromatic carbocycles. The Balaban J connectivity index is 1.47. The van der Waals surface area contributed by atoms with Gasteiger partial charge in [0.05, 0.1) is 16.8 Å². The lowest BCUT2D eigenvalue weighted by molar-refractivity contribution is -0.119. The molecule has 3 heterocycles. The summed E-state index contributed by atoms with van der Waals surface area (Å²) in [6.45, 7) is 0.572. The van der Waals surface area contributed by atoms with Gasteiger partial charge in [0.15, 0.2) is 0 Å². The van der Waals surface area contributed by atoms with Crippen LogP contribution < -0.4 is 10.6 Å². The smallest absolute Gasteiger partial charge is 0.257 e. The van der Waals surface area contributed by atoms with Crippen LogP contribution in [0, 0.1) is 0 Å². The van der Waals surface area contributed by atoms with Gasteiger partial charge in [0.25, 0.3) is 11.8 Å². The SMILES string of the molecule is Cn1cc(C(=O)Nc2ccc3c(c2)C(=O)N2CCC[C@@H]2C(=O)N3)c2ccccc21. The van der Waals surface area contributed by atoms with Crippen molar-refractivity contribution in [1.29, 1.82) is 0 Å². The van der Waals surface area contributed by atoms with E-state index in [2.05, 4.69) is 10.6 Å². The second-order valence-electron chi connectivity index (χ2n) is 7.53. The van der Waals surface area contributed by atoms with Gasteiger partial charge in [-0.3, -0.25) is 14.4 Å². The van der Waals surface area contributed by atoms with Gasteiger partial charge in [0, 0.05) is 36.4 Å². The van der Waals surface area contributed by atoms with Crippen LogP contribution in [0.2, 0.25) is 0 Å². The van der Waals surface area contributed by atoms with Gasteiger partial charge in [-0.1, -0.05) is 18.2 Å². The summed E-state index contributed by atoms with van der Waals surface area (Å²) in [7, 11) is 1.90. The minimum Gasteiger partial charge on any atom is -0.350 e. The van der Waals surface area contributed by atoms with E-state index in [-0.39, 0.29) is 17.7 Å². The molecule has 7 heteroatoms. The third-order valence-corrected chi connectivity index (χ3v) is 5.72. The van der Waals surface area contributed by atoms with E-state index >= 15 is 0 Å². The number of benzene rings is 2. The zero-order valence-electron chi connectivity index (χ0n) is 15.9. The van der Waals surface area contributed by atoms with Gasteiger partial charge < -0.3 is 20.1 Å². The Bertz CT molecular complexity index is 1180. The lowest BCUT2D eigenvalue weighted by Crippen LogP contribution is -2.40. The number of hydrogen-bond acceptors (Lipinski definition) is 3. The maximum atomic E-state index is 13.0. The van der Waals surface area contributed by atoms with Crippen LogP contribution in [0.15, 0.2) is 48.7 Å². The van der Waals surface area contributed by atoms with E-state index in [0.29, 0.717) is 35.5 Å². The molecule has 2 aliphatic heterocycles. The van der Waals surface area contributed by atoms with Gasteiger partial charge in [0.2, 0.25) is 5.91 Å². The zero-order chi connectivity index (χ0) is 20.1. The van der Waals surface area contributed by atoms with Crippen LogP contribution in [0.5, 0.6) is 0 Å². The summed E-state index contributed by atoms with van der Waals surface area (Å²) < 4.78 is 1.91. The number of rotatable bonds is 2. The first-order valence-electron chi connectivity index (χ1n) is 9.64. The highest BCUT2D eigenvalue weighted by Crippen LogP contribution is 2.31. The molecule has 1 aromatic heterocycles. The normalized spacial score (nSPS) is 18.2. The van der Waals surface area contributed by atoms with Crippen molar-refractivity contribution >= 4 is 40.0 Å². The van der Waals surface area contributed by atoms with E-state index < -0.39 is 6.04 Å². The number of carbonyl (C=O) groups is 3. The fourth-order valence-corrected chi connectivity index (χ4v) is 4.28. The second-order valence-corrected chi connectivity index (χ2v) is 7.53. The Kier molecular flexibility index (Phi) is 3.91. The minimum absolute atomic E-state index is 0.151. The molecule has 2 aliphatic rings. The van der Waals surface area contributed by atoms with E-state index in [4.69, 9.17) is 0 Å². The number of hydrogen-bond donors (Lipinski definition) is 2. The quantitative estimate of drug-likeness (QED) is 0.708. The standard InChI is InChI=1S/C22H20N4O3/c1-25-12-16(14-5-2-3-6-18(14)25)20(27)23-13-8-9-17-15(11-13)22(29)26-10-4-7-19(26)21(28)24-17/h2-3,5-6,8-9,11-12,19H,4,7,10H2,1H3,(H,23,27)(H,24,28)/t19-/m1/s1. The molecule has 1 atom stereocenters. The maximum Gasteiger partial charge on any atom is 0.257 e. The highest BCUT2D eigenvalue weighted by molar-refractivity contribution is 6.14. The van der Waals surface area contributed by atoms with Gasteiger partial charge in [0.1, 0.15) is 6.04 Å². The molecule has 0 bridgehead atoms. The molecule has 3 amide bonds. The van der Waals surface area contributed by atoms with Crippen LogP contribution in [-0.2, 0) is 11.8 Å². The molecular formula is C22H20N4O3. The first kappa shape index (κ1) is 17.5. The Morgan fingerprint density at radius 2 is 2.00 bits per heavy atom. The third kappa shape index (κ3) is 2.77. The molecule has 146 valence electrons. The van der Waals surface area contributed by atoms with Gasteiger partial charge in [-0.25, -0.2) is 0 Å². The third-order valence-electron chi connectivity index (χ3n) is 5.72. The molecule has 5 rings (SSSR count). The Morgan fingerprint density at radius 1 is 1.17 bits per heavy atom. The molecule has 3 aromatic rings. The minimum atomic E-state index is -0.413. The number of amides is 3. The average Bonchev–Trinajstić information content (AvgIpc) is 3.32. The summed E-state index contributed by atoms with van der Waals surface area (Å²) in [6.07, 6.45) is 3.29. The number of aryl methyl sites for hydroxylation is 1. The molecule has 0 saturated carbocycles. The first-order valence-corrected chi connectivity index (χ1v) is 9.64. The van der Waals surface area contributed by atoms with Crippen LogP contribution in [0.4, 0.5) is 11.4 Å². The molecule has 0 aliphatic carbocycles. The van der Waals surface area contributed by atoms with Crippen molar-refractivity contribution in [3.05, 3.63) is 59.8 Å². The zero-order valence-corrected chi connectivity index (χ0v) is 15.9. The number of carbonyl (C=O) groups excluding carboxylic acids is 3. The Morgan fingerprint density at radius 3 is 2.86 bits per heavy atom. The summed E-state index contributed by atoms with van der Waals surface area (Å²) in [6, 6.07) is 12.3. The van der Waals surface area contributed by atoms with Gasteiger partial charge in [-0.15, -0.1) is 0 Å². The molecule has 7 nitrogen and oxygen atoms in total. The van der Waals surface area contributed by atoms with Crippen molar-refractivity contribution in [2.75, 3.05) is 17.2 Å². The predicted octanol–water partition coefficient (Wildman–Crippen LogP) is 2.99. The summed E-state index contributed by atoms with van der Waals surface area (Å²) in [4.78, 5) is 39.9. The van der Waals surface area contributed by atoms with Crippen molar-refractivity contribution in [3.63, 3.8) is 0 Å². The molecule has 2 N–H and O–H groups in total. The van der Waals surface area contributed by atoms with E-state index in [1.54, 1.807) is 29.3 Å². The van der Waals surface area contributed by atoms with Crippen LogP contribution in [-0.4, -0.2) is 39.8 Å². The lowest BCUT2D eigenvalue weighted by Gasteiger charge is -2.20. The van der Waals surface area contributed by atoms with Crippen molar-refractivity contribution in [2.24, 2.45) is 7.05 Å². The number of nitrogens with zero attached hydrogens (tertiary/aromatic N) is 2. The van der Waals surface area contributed by atoms with Crippen LogP contribution >= 0.6 is 0 Å². The highest BCUT2D eigenvalue weighted by atomic mass is 16.2. The Hall–Kier alpha value is -3.61. The van der Waals surface area contributed by atoms with E-state index in [1.807, 2.05) is 35.9 Å². The number of anilines is 2. The lowest BCUT2D eigenvalue weighted by atomic mass is 10.1. The largest absolute Gasteiger partial charge is 0.350 e. The first-order chi connectivity index (χ1) is 14.0. The number of para-hydroxylation sites is 1. The van der Waals surface area contributed by atoms with Crippen molar-refractivity contribution in [1.82, 2.24) is 9.47 Å². The maximum absolute atomic E-state index is 13.0. The van der Waals surface area contributed by atoms with Gasteiger partial charge in [-0.2, -0.15) is 0 Å². The second kappa shape index (κ2) is 6.48. The molecule has 1 saturated heterocycles. The van der Waals surface area contributed by atoms with Crippen molar-refractivity contribution in [3.8, 4) is 0 Å². The van der Waals surface area contributed by atoms with Crippen LogP contribution in [0.25, 0.3) is 10.9 Å². The predicted molar refractivity (Wildman–Crippen MR) is 110 cm³/mol. The summed E-state index contributed by atoms with van der Waals surface area (Å²) in [5.41, 5.74) is 2.94. The molecule has 29 heavy (non-hydrogen) atoms. The van der Waals surface area contributed by atoms with Crippen LogP contribution in [0.3, 0.4) is 0 Å².